The predicted octanol–water partition coefficient (Wildman–Crippen LogP) is 2.21. The zero-order valence-corrected chi connectivity index (χ0v) is 15.2. The maximum Gasteiger partial charge on any atom is 0.272 e. The van der Waals surface area contributed by atoms with Crippen LogP contribution in [0.5, 0.6) is 11.5 Å². The molecule has 8 heteroatoms. The summed E-state index contributed by atoms with van der Waals surface area (Å²) in [6.07, 6.45) is 4.03. The van der Waals surface area contributed by atoms with Gasteiger partial charge in [-0.05, 0) is 30.5 Å². The van der Waals surface area contributed by atoms with E-state index in [1.165, 1.54) is 4.68 Å². The molecule has 2 aliphatic rings. The predicted molar refractivity (Wildman–Crippen MR) is 97.5 cm³/mol. The molecule has 8 nitrogen and oxygen atoms in total. The van der Waals surface area contributed by atoms with Gasteiger partial charge in [-0.2, -0.15) is 5.10 Å². The van der Waals surface area contributed by atoms with Crippen LogP contribution in [0.2, 0.25) is 0 Å². The lowest BCUT2D eigenvalue weighted by molar-refractivity contribution is -0.119. The number of benzene rings is 1. The fourth-order valence-electron chi connectivity index (χ4n) is 3.44. The van der Waals surface area contributed by atoms with Crippen LogP contribution in [0, 0.1) is 5.92 Å². The largest absolute Gasteiger partial charge is 0.454 e. The van der Waals surface area contributed by atoms with Crippen molar-refractivity contribution in [2.24, 2.45) is 13.0 Å². The highest BCUT2D eigenvalue weighted by atomic mass is 16.7. The summed E-state index contributed by atoms with van der Waals surface area (Å²) in [4.78, 5) is 24.7. The Morgan fingerprint density at radius 3 is 2.78 bits per heavy atom. The van der Waals surface area contributed by atoms with Crippen molar-refractivity contribution >= 4 is 17.6 Å². The number of nitrogens with one attached hydrogen (secondary N) is 2. The second-order valence-corrected chi connectivity index (χ2v) is 6.88. The lowest BCUT2D eigenvalue weighted by atomic mass is 10.1. The quantitative estimate of drug-likeness (QED) is 0.841. The van der Waals surface area contributed by atoms with Crippen molar-refractivity contribution in [3.63, 3.8) is 0 Å². The van der Waals surface area contributed by atoms with Crippen LogP contribution in [0.4, 0.5) is 5.82 Å². The van der Waals surface area contributed by atoms with Crippen molar-refractivity contribution in [1.82, 2.24) is 15.1 Å². The molecule has 1 fully saturated rings. The van der Waals surface area contributed by atoms with E-state index in [0.717, 1.165) is 31.2 Å². The molecule has 1 saturated carbocycles. The Labute approximate surface area is 156 Å². The van der Waals surface area contributed by atoms with Gasteiger partial charge in [0.05, 0.1) is 0 Å². The Morgan fingerprint density at radius 2 is 1.96 bits per heavy atom. The molecule has 0 saturated heterocycles. The van der Waals surface area contributed by atoms with Crippen LogP contribution in [0.25, 0.3) is 0 Å². The summed E-state index contributed by atoms with van der Waals surface area (Å²) < 4.78 is 12.1. The average molecular weight is 370 g/mol. The molecule has 0 bridgehead atoms. The first-order chi connectivity index (χ1) is 13.1. The van der Waals surface area contributed by atoms with E-state index in [1.807, 2.05) is 18.2 Å². The number of carbonyl (C=O) groups is 2. The van der Waals surface area contributed by atoms with Crippen LogP contribution in [-0.4, -0.2) is 28.4 Å². The average Bonchev–Trinajstić information content (AvgIpc) is 3.40. The van der Waals surface area contributed by atoms with Crippen LogP contribution in [-0.2, 0) is 18.4 Å². The lowest BCUT2D eigenvalue weighted by Crippen LogP contribution is -2.23. The number of hydrogen-bond acceptors (Lipinski definition) is 5. The van der Waals surface area contributed by atoms with Gasteiger partial charge >= 0.3 is 0 Å². The lowest BCUT2D eigenvalue weighted by Gasteiger charge is -2.09. The minimum absolute atomic E-state index is 0.00261. The SMILES string of the molecule is Cn1nc(C(=O)NCc2ccc3c(c2)OCO3)cc1NC(=O)C1CCCC1. The molecule has 1 aliphatic heterocycles. The molecule has 2 amide bonds. The number of rotatable bonds is 5. The monoisotopic (exact) mass is 370 g/mol. The number of aromatic nitrogens is 2. The third kappa shape index (κ3) is 3.74. The number of fused-ring (bicyclic) bond motifs is 1. The summed E-state index contributed by atoms with van der Waals surface area (Å²) in [5.41, 5.74) is 1.17. The molecule has 4 rings (SSSR count). The standard InChI is InChI=1S/C19H22N4O4/c1-23-17(21-18(24)13-4-2-3-5-13)9-14(22-23)19(25)20-10-12-6-7-15-16(8-12)27-11-26-15/h6-9,13H,2-5,10-11H2,1H3,(H,20,25)(H,21,24). The molecular weight excluding hydrogens is 348 g/mol. The fraction of sp³-hybridized carbons (Fsp3) is 0.421. The number of nitrogens with zero attached hydrogens (tertiary/aromatic N) is 2. The molecule has 27 heavy (non-hydrogen) atoms. The summed E-state index contributed by atoms with van der Waals surface area (Å²) in [5.74, 6) is 1.67. The van der Waals surface area contributed by atoms with Crippen LogP contribution >= 0.6 is 0 Å². The van der Waals surface area contributed by atoms with Gasteiger partial charge in [-0.25, -0.2) is 0 Å². The second-order valence-electron chi connectivity index (χ2n) is 6.88. The van der Waals surface area contributed by atoms with E-state index in [4.69, 9.17) is 9.47 Å². The third-order valence-corrected chi connectivity index (χ3v) is 4.98. The molecule has 2 N–H and O–H groups in total. The van der Waals surface area contributed by atoms with E-state index in [2.05, 4.69) is 15.7 Å². The van der Waals surface area contributed by atoms with E-state index < -0.39 is 0 Å². The molecule has 142 valence electrons. The summed E-state index contributed by atoms with van der Waals surface area (Å²) in [6.45, 7) is 0.560. The Bertz CT molecular complexity index is 871. The van der Waals surface area contributed by atoms with Crippen LogP contribution < -0.4 is 20.1 Å². The van der Waals surface area contributed by atoms with Crippen molar-refractivity contribution in [3.05, 3.63) is 35.5 Å². The summed E-state index contributed by atoms with van der Waals surface area (Å²) in [5, 5.41) is 9.92. The number of ether oxygens (including phenoxy) is 2. The topological polar surface area (TPSA) is 94.5 Å². The van der Waals surface area contributed by atoms with Gasteiger partial charge in [0.25, 0.3) is 5.91 Å². The summed E-state index contributed by atoms with van der Waals surface area (Å²) in [6, 6.07) is 7.14. The highest BCUT2D eigenvalue weighted by molar-refractivity contribution is 5.96. The van der Waals surface area contributed by atoms with Crippen molar-refractivity contribution in [2.45, 2.75) is 32.2 Å². The Morgan fingerprint density at radius 1 is 1.19 bits per heavy atom. The maximum absolute atomic E-state index is 12.4. The van der Waals surface area contributed by atoms with Gasteiger partial charge in [-0.3, -0.25) is 14.3 Å². The van der Waals surface area contributed by atoms with Gasteiger partial charge in [0.15, 0.2) is 17.2 Å². The Balaban J connectivity index is 1.36. The first-order valence-corrected chi connectivity index (χ1v) is 9.12. The zero-order valence-electron chi connectivity index (χ0n) is 15.2. The molecule has 1 aromatic carbocycles. The summed E-state index contributed by atoms with van der Waals surface area (Å²) in [7, 11) is 1.71. The normalized spacial score (nSPS) is 15.7. The number of amides is 2. The van der Waals surface area contributed by atoms with Gasteiger partial charge < -0.3 is 20.1 Å². The van der Waals surface area contributed by atoms with Crippen LogP contribution in [0.1, 0.15) is 41.7 Å². The van der Waals surface area contributed by atoms with Crippen LogP contribution in [0.3, 0.4) is 0 Å². The molecule has 2 aromatic rings. The molecule has 0 unspecified atom stereocenters. The molecular formula is C19H22N4O4. The molecule has 0 spiro atoms. The van der Waals surface area contributed by atoms with Crippen molar-refractivity contribution in [2.75, 3.05) is 12.1 Å². The van der Waals surface area contributed by atoms with Gasteiger partial charge in [-0.1, -0.05) is 18.9 Å². The van der Waals surface area contributed by atoms with Gasteiger partial charge in [-0.15, -0.1) is 0 Å². The van der Waals surface area contributed by atoms with Crippen molar-refractivity contribution < 1.29 is 19.1 Å². The van der Waals surface area contributed by atoms with E-state index in [9.17, 15) is 9.59 Å². The van der Waals surface area contributed by atoms with E-state index >= 15 is 0 Å². The third-order valence-electron chi connectivity index (χ3n) is 4.98. The van der Waals surface area contributed by atoms with E-state index in [1.54, 1.807) is 13.1 Å². The molecule has 0 atom stereocenters. The van der Waals surface area contributed by atoms with Crippen LogP contribution in [0.15, 0.2) is 24.3 Å². The fourth-order valence-corrected chi connectivity index (χ4v) is 3.44. The number of hydrogen-bond donors (Lipinski definition) is 2. The Hall–Kier alpha value is -3.03. The van der Waals surface area contributed by atoms with Gasteiger partial charge in [0.1, 0.15) is 5.82 Å². The highest BCUT2D eigenvalue weighted by Gasteiger charge is 2.24. The highest BCUT2D eigenvalue weighted by Crippen LogP contribution is 2.32. The molecule has 1 aromatic heterocycles. The number of anilines is 1. The van der Waals surface area contributed by atoms with Gasteiger partial charge in [0.2, 0.25) is 12.7 Å². The van der Waals surface area contributed by atoms with Crippen molar-refractivity contribution in [3.8, 4) is 11.5 Å². The van der Waals surface area contributed by atoms with Crippen molar-refractivity contribution in [1.29, 1.82) is 0 Å². The summed E-state index contributed by atoms with van der Waals surface area (Å²) >= 11 is 0. The van der Waals surface area contributed by atoms with Gasteiger partial charge in [0, 0.05) is 25.6 Å². The number of carbonyl (C=O) groups excluding carboxylic acids is 2. The van der Waals surface area contributed by atoms with E-state index in [0.29, 0.717) is 23.9 Å². The number of aryl methyl sites for hydroxylation is 1. The Kier molecular flexibility index (Phi) is 4.70. The van der Waals surface area contributed by atoms with E-state index in [-0.39, 0.29) is 30.2 Å². The first-order valence-electron chi connectivity index (χ1n) is 9.12. The first kappa shape index (κ1) is 17.4. The maximum atomic E-state index is 12.4. The smallest absolute Gasteiger partial charge is 0.272 e. The molecule has 2 heterocycles. The molecule has 1 aliphatic carbocycles. The second kappa shape index (κ2) is 7.30. The zero-order chi connectivity index (χ0) is 18.8. The molecule has 0 radical (unpaired) electrons. The minimum Gasteiger partial charge on any atom is -0.454 e. The minimum atomic E-state index is -0.301.